The summed E-state index contributed by atoms with van der Waals surface area (Å²) in [4.78, 5) is 11.8. The minimum absolute atomic E-state index is 0.129. The molecule has 0 spiro atoms. The Morgan fingerprint density at radius 1 is 1.27 bits per heavy atom. The lowest BCUT2D eigenvalue weighted by Crippen LogP contribution is -2.47. The van der Waals surface area contributed by atoms with E-state index in [-0.39, 0.29) is 17.9 Å². The molecule has 0 aromatic rings. The van der Waals surface area contributed by atoms with Gasteiger partial charge in [0.25, 0.3) is 0 Å². The third-order valence-corrected chi connectivity index (χ3v) is 8.98. The Labute approximate surface area is 131 Å². The zero-order valence-electron chi connectivity index (χ0n) is 14.3. The van der Waals surface area contributed by atoms with Crippen LogP contribution in [0.2, 0.25) is 18.1 Å². The fraction of sp³-hybridized carbons (Fsp3) is 0.933. The van der Waals surface area contributed by atoms with E-state index in [1.807, 2.05) is 40.8 Å². The van der Waals surface area contributed by atoms with Gasteiger partial charge < -0.3 is 9.16 Å². The zero-order chi connectivity index (χ0) is 17.4. The summed E-state index contributed by atoms with van der Waals surface area (Å²) in [6.07, 6.45) is -3.18. The van der Waals surface area contributed by atoms with Crippen LogP contribution in [0.3, 0.4) is 0 Å². The van der Waals surface area contributed by atoms with Gasteiger partial charge in [-0.05, 0) is 24.6 Å². The molecule has 0 N–H and O–H groups in total. The summed E-state index contributed by atoms with van der Waals surface area (Å²) in [5.41, 5.74) is 0. The van der Waals surface area contributed by atoms with E-state index in [4.69, 9.17) is 9.16 Å². The van der Waals surface area contributed by atoms with Gasteiger partial charge in [0.15, 0.2) is 8.32 Å². The molecule has 0 heterocycles. The Kier molecular flexibility index (Phi) is 5.45. The van der Waals surface area contributed by atoms with Gasteiger partial charge in [-0.25, -0.2) is 0 Å². The topological polar surface area (TPSA) is 35.5 Å². The number of alkyl halides is 3. The standard InChI is InChI=1S/C15H27F3O3Si/c1-7-8-9-12(19)20-14(10-11(14)15(16,17)18)21-22(5,6)13(2,3)4/h11H,7-10H2,1-6H3. The van der Waals surface area contributed by atoms with E-state index >= 15 is 0 Å². The molecular weight excluding hydrogens is 313 g/mol. The minimum atomic E-state index is -4.41. The Hall–Kier alpha value is -0.563. The van der Waals surface area contributed by atoms with Gasteiger partial charge >= 0.3 is 12.1 Å². The number of carbonyl (C=O) groups excluding carboxylic acids is 1. The van der Waals surface area contributed by atoms with Crippen molar-refractivity contribution in [2.45, 2.75) is 83.5 Å². The lowest BCUT2D eigenvalue weighted by Gasteiger charge is -2.39. The van der Waals surface area contributed by atoms with Crippen molar-refractivity contribution in [3.05, 3.63) is 0 Å². The van der Waals surface area contributed by atoms with Crippen molar-refractivity contribution in [2.75, 3.05) is 0 Å². The van der Waals surface area contributed by atoms with E-state index in [0.717, 1.165) is 6.42 Å². The third-order valence-electron chi connectivity index (χ3n) is 4.51. The quantitative estimate of drug-likeness (QED) is 0.387. The maximum atomic E-state index is 13.1. The molecule has 2 unspecified atom stereocenters. The first-order chi connectivity index (χ1) is 9.75. The highest BCUT2D eigenvalue weighted by Gasteiger charge is 2.73. The largest absolute Gasteiger partial charge is 0.433 e. The second-order valence-corrected chi connectivity index (χ2v) is 12.3. The van der Waals surface area contributed by atoms with E-state index < -0.39 is 32.2 Å². The molecule has 1 fully saturated rings. The molecule has 1 saturated carbocycles. The molecule has 2 atom stereocenters. The van der Waals surface area contributed by atoms with Crippen LogP contribution in [0.25, 0.3) is 0 Å². The van der Waals surface area contributed by atoms with Gasteiger partial charge in [0, 0.05) is 12.8 Å². The number of hydrogen-bond donors (Lipinski definition) is 0. The van der Waals surface area contributed by atoms with Gasteiger partial charge in [0.1, 0.15) is 5.92 Å². The minimum Gasteiger partial charge on any atom is -0.433 e. The Morgan fingerprint density at radius 2 is 1.82 bits per heavy atom. The summed E-state index contributed by atoms with van der Waals surface area (Å²) in [6, 6.07) is 0. The smallest absolute Gasteiger partial charge is 0.398 e. The zero-order valence-corrected chi connectivity index (χ0v) is 15.3. The number of unbranched alkanes of at least 4 members (excludes halogenated alkanes) is 1. The first-order valence-electron chi connectivity index (χ1n) is 7.74. The second kappa shape index (κ2) is 6.15. The molecule has 7 heteroatoms. The van der Waals surface area contributed by atoms with Crippen molar-refractivity contribution in [2.24, 2.45) is 5.92 Å². The summed E-state index contributed by atoms with van der Waals surface area (Å²) in [5.74, 6) is -4.11. The molecule has 0 aromatic carbocycles. The lowest BCUT2D eigenvalue weighted by molar-refractivity contribution is -0.208. The molecule has 130 valence electrons. The van der Waals surface area contributed by atoms with Crippen molar-refractivity contribution in [1.29, 1.82) is 0 Å². The van der Waals surface area contributed by atoms with Crippen LogP contribution in [0, 0.1) is 5.92 Å². The average molecular weight is 340 g/mol. The molecule has 0 bridgehead atoms. The third kappa shape index (κ3) is 4.47. The highest BCUT2D eigenvalue weighted by Crippen LogP contribution is 2.59. The molecule has 1 rings (SSSR count). The molecule has 1 aliphatic rings. The number of esters is 1. The van der Waals surface area contributed by atoms with Gasteiger partial charge in [0.2, 0.25) is 5.79 Å². The molecule has 0 radical (unpaired) electrons. The Bertz CT molecular complexity index is 415. The maximum Gasteiger partial charge on any atom is 0.398 e. The fourth-order valence-corrected chi connectivity index (χ4v) is 3.42. The molecule has 0 aromatic heterocycles. The van der Waals surface area contributed by atoms with E-state index in [1.165, 1.54) is 0 Å². The van der Waals surface area contributed by atoms with E-state index in [9.17, 15) is 18.0 Å². The van der Waals surface area contributed by atoms with Crippen LogP contribution in [0.15, 0.2) is 0 Å². The summed E-state index contributed by atoms with van der Waals surface area (Å²) in [7, 11) is -2.47. The van der Waals surface area contributed by atoms with Crippen molar-refractivity contribution in [3.63, 3.8) is 0 Å². The maximum absolute atomic E-state index is 13.1. The fourth-order valence-electron chi connectivity index (χ4n) is 1.99. The van der Waals surface area contributed by atoms with Crippen molar-refractivity contribution >= 4 is 14.3 Å². The highest BCUT2D eigenvalue weighted by atomic mass is 28.4. The number of ether oxygens (including phenoxy) is 1. The van der Waals surface area contributed by atoms with Crippen LogP contribution in [0.4, 0.5) is 13.2 Å². The van der Waals surface area contributed by atoms with Gasteiger partial charge in [0.05, 0.1) is 0 Å². The summed E-state index contributed by atoms with van der Waals surface area (Å²) < 4.78 is 50.2. The van der Waals surface area contributed by atoms with Gasteiger partial charge in [-0.2, -0.15) is 13.2 Å². The molecule has 3 nitrogen and oxygen atoms in total. The van der Waals surface area contributed by atoms with Crippen LogP contribution in [-0.4, -0.2) is 26.3 Å². The van der Waals surface area contributed by atoms with Crippen LogP contribution in [0.1, 0.15) is 53.4 Å². The van der Waals surface area contributed by atoms with E-state index in [2.05, 4.69) is 0 Å². The number of halogens is 3. The normalized spacial score (nSPS) is 26.0. The molecule has 0 aliphatic heterocycles. The van der Waals surface area contributed by atoms with Crippen LogP contribution in [-0.2, 0) is 14.0 Å². The van der Waals surface area contributed by atoms with E-state index in [0.29, 0.717) is 6.42 Å². The number of carbonyl (C=O) groups is 1. The van der Waals surface area contributed by atoms with E-state index in [1.54, 1.807) is 0 Å². The Morgan fingerprint density at radius 3 is 2.18 bits per heavy atom. The predicted molar refractivity (Wildman–Crippen MR) is 80.8 cm³/mol. The summed E-state index contributed by atoms with van der Waals surface area (Å²) in [5, 5.41) is -0.255. The van der Waals surface area contributed by atoms with Gasteiger partial charge in [-0.15, -0.1) is 0 Å². The molecule has 1 aliphatic carbocycles. The number of rotatable bonds is 6. The number of hydrogen-bond acceptors (Lipinski definition) is 3. The summed E-state index contributed by atoms with van der Waals surface area (Å²) in [6.45, 7) is 11.5. The van der Waals surface area contributed by atoms with Gasteiger partial charge in [-0.3, -0.25) is 4.79 Å². The molecule has 22 heavy (non-hydrogen) atoms. The monoisotopic (exact) mass is 340 g/mol. The second-order valence-electron chi connectivity index (χ2n) is 7.55. The SMILES string of the molecule is CCCCC(=O)OC1(O[Si](C)(C)C(C)(C)C)CC1C(F)(F)F. The highest BCUT2D eigenvalue weighted by molar-refractivity contribution is 6.74. The van der Waals surface area contributed by atoms with Crippen LogP contribution in [0.5, 0.6) is 0 Å². The van der Waals surface area contributed by atoms with Crippen molar-refractivity contribution in [1.82, 2.24) is 0 Å². The van der Waals surface area contributed by atoms with Crippen molar-refractivity contribution < 1.29 is 27.1 Å². The predicted octanol–water partition coefficient (Wildman–Crippen LogP) is 5.02. The first kappa shape index (κ1) is 19.5. The van der Waals surface area contributed by atoms with Crippen molar-refractivity contribution in [3.8, 4) is 0 Å². The van der Waals surface area contributed by atoms with Crippen LogP contribution < -0.4 is 0 Å². The molecule has 0 amide bonds. The van der Waals surface area contributed by atoms with Crippen LogP contribution >= 0.6 is 0 Å². The first-order valence-corrected chi connectivity index (χ1v) is 10.6. The Balaban J connectivity index is 2.90. The van der Waals surface area contributed by atoms with Gasteiger partial charge in [-0.1, -0.05) is 34.1 Å². The average Bonchev–Trinajstić information content (AvgIpc) is 2.98. The molecular formula is C15H27F3O3Si. The summed E-state index contributed by atoms with van der Waals surface area (Å²) >= 11 is 0. The molecule has 0 saturated heterocycles. The lowest BCUT2D eigenvalue weighted by atomic mass is 10.2.